The molecule has 154 valence electrons. The van der Waals surface area contributed by atoms with Crippen LogP contribution in [0.5, 0.6) is 5.75 Å². The van der Waals surface area contributed by atoms with E-state index in [0.717, 1.165) is 30.5 Å². The number of ether oxygens (including phenoxy) is 1. The van der Waals surface area contributed by atoms with Crippen molar-refractivity contribution in [1.29, 1.82) is 0 Å². The second-order valence-corrected chi connectivity index (χ2v) is 7.47. The Bertz CT molecular complexity index is 673. The molecule has 0 unspecified atom stereocenters. The van der Waals surface area contributed by atoms with Gasteiger partial charge in [-0.25, -0.2) is 4.39 Å². The molecule has 0 fully saturated rings. The molecule has 0 amide bonds. The molecule has 28 heavy (non-hydrogen) atoms. The van der Waals surface area contributed by atoms with Gasteiger partial charge in [0.1, 0.15) is 0 Å². The van der Waals surface area contributed by atoms with Gasteiger partial charge < -0.3 is 4.74 Å². The van der Waals surface area contributed by atoms with Crippen molar-refractivity contribution in [1.82, 2.24) is 9.97 Å². The second kappa shape index (κ2) is 13.2. The van der Waals surface area contributed by atoms with Crippen LogP contribution in [0.25, 0.3) is 11.3 Å². The van der Waals surface area contributed by atoms with E-state index in [0.29, 0.717) is 18.1 Å². The molecule has 3 nitrogen and oxygen atoms in total. The molecule has 0 atom stereocenters. The van der Waals surface area contributed by atoms with Gasteiger partial charge in [0.2, 0.25) is 0 Å². The third kappa shape index (κ3) is 7.95. The number of nitrogens with zero attached hydrogens (tertiary/aromatic N) is 2. The maximum atomic E-state index is 14.1. The first kappa shape index (κ1) is 22.3. The van der Waals surface area contributed by atoms with E-state index >= 15 is 0 Å². The largest absolute Gasteiger partial charge is 0.491 e. The zero-order valence-corrected chi connectivity index (χ0v) is 17.6. The van der Waals surface area contributed by atoms with Crippen molar-refractivity contribution >= 4 is 0 Å². The van der Waals surface area contributed by atoms with Crippen molar-refractivity contribution < 1.29 is 9.13 Å². The van der Waals surface area contributed by atoms with Gasteiger partial charge in [-0.05, 0) is 37.5 Å². The number of hydrogen-bond donors (Lipinski definition) is 0. The number of hydrogen-bond acceptors (Lipinski definition) is 3. The molecule has 0 saturated carbocycles. The van der Waals surface area contributed by atoms with Gasteiger partial charge >= 0.3 is 0 Å². The third-order valence-electron chi connectivity index (χ3n) is 4.93. The Morgan fingerprint density at radius 1 is 0.821 bits per heavy atom. The zero-order chi connectivity index (χ0) is 20.0. The molecule has 0 spiro atoms. The topological polar surface area (TPSA) is 35.0 Å². The molecule has 1 heterocycles. The molecule has 0 saturated heterocycles. The maximum Gasteiger partial charge on any atom is 0.165 e. The highest BCUT2D eigenvalue weighted by molar-refractivity contribution is 5.59. The summed E-state index contributed by atoms with van der Waals surface area (Å²) in [4.78, 5) is 8.98. The number of aryl methyl sites for hydroxylation is 1. The fourth-order valence-electron chi connectivity index (χ4n) is 3.24. The summed E-state index contributed by atoms with van der Waals surface area (Å²) in [5, 5.41) is 0. The van der Waals surface area contributed by atoms with E-state index < -0.39 is 0 Å². The molecule has 0 aliphatic carbocycles. The predicted octanol–water partition coefficient (Wildman–Crippen LogP) is 7.14. The lowest BCUT2D eigenvalue weighted by molar-refractivity contribution is 0.301. The summed E-state index contributed by atoms with van der Waals surface area (Å²) in [6.45, 7) is 4.77. The molecule has 4 heteroatoms. The van der Waals surface area contributed by atoms with Crippen LogP contribution >= 0.6 is 0 Å². The number of halogens is 1. The van der Waals surface area contributed by atoms with E-state index in [1.807, 2.05) is 19.2 Å². The van der Waals surface area contributed by atoms with Crippen molar-refractivity contribution in [2.75, 3.05) is 6.61 Å². The van der Waals surface area contributed by atoms with Crippen molar-refractivity contribution in [3.63, 3.8) is 0 Å². The number of benzene rings is 1. The van der Waals surface area contributed by atoms with Crippen LogP contribution in [0.1, 0.15) is 83.7 Å². The minimum Gasteiger partial charge on any atom is -0.491 e. The predicted molar refractivity (Wildman–Crippen MR) is 114 cm³/mol. The molecule has 0 aliphatic rings. The van der Waals surface area contributed by atoms with Gasteiger partial charge in [0, 0.05) is 11.8 Å². The van der Waals surface area contributed by atoms with Crippen LogP contribution in [0.4, 0.5) is 4.39 Å². The van der Waals surface area contributed by atoms with Gasteiger partial charge in [-0.2, -0.15) is 0 Å². The molecular formula is C24H35FN2O. The lowest BCUT2D eigenvalue weighted by Crippen LogP contribution is -1.98. The average Bonchev–Trinajstić information content (AvgIpc) is 2.72. The van der Waals surface area contributed by atoms with E-state index in [-0.39, 0.29) is 5.82 Å². The van der Waals surface area contributed by atoms with Gasteiger partial charge in [-0.15, -0.1) is 0 Å². The lowest BCUT2D eigenvalue weighted by atomic mass is 10.1. The summed E-state index contributed by atoms with van der Waals surface area (Å²) < 4.78 is 19.5. The summed E-state index contributed by atoms with van der Waals surface area (Å²) in [6.07, 6.45) is 17.3. The SMILES string of the molecule is CCCCCCCCCCCc1cnc(-c2ccc(OCCC)c(F)c2)cn1. The molecular weight excluding hydrogens is 351 g/mol. The van der Waals surface area contributed by atoms with Crippen LogP contribution < -0.4 is 4.74 Å². The van der Waals surface area contributed by atoms with Gasteiger partial charge in [-0.3, -0.25) is 9.97 Å². The first-order chi connectivity index (χ1) is 13.7. The van der Waals surface area contributed by atoms with Gasteiger partial charge in [0.25, 0.3) is 0 Å². The summed E-state index contributed by atoms with van der Waals surface area (Å²) in [6, 6.07) is 4.96. The molecule has 0 radical (unpaired) electrons. The fourth-order valence-corrected chi connectivity index (χ4v) is 3.24. The average molecular weight is 387 g/mol. The fraction of sp³-hybridized carbons (Fsp3) is 0.583. The quantitative estimate of drug-likeness (QED) is 0.323. The molecule has 0 N–H and O–H groups in total. The summed E-state index contributed by atoms with van der Waals surface area (Å²) in [7, 11) is 0. The van der Waals surface area contributed by atoms with Crippen LogP contribution in [-0.4, -0.2) is 16.6 Å². The van der Waals surface area contributed by atoms with E-state index in [4.69, 9.17) is 4.74 Å². The maximum absolute atomic E-state index is 14.1. The smallest absolute Gasteiger partial charge is 0.165 e. The van der Waals surface area contributed by atoms with Crippen molar-refractivity contribution in [2.45, 2.75) is 84.5 Å². The number of rotatable bonds is 14. The van der Waals surface area contributed by atoms with E-state index in [9.17, 15) is 4.39 Å². The highest BCUT2D eigenvalue weighted by Crippen LogP contribution is 2.24. The Morgan fingerprint density at radius 3 is 2.14 bits per heavy atom. The van der Waals surface area contributed by atoms with Crippen LogP contribution in [0.15, 0.2) is 30.6 Å². The van der Waals surface area contributed by atoms with Crippen molar-refractivity contribution in [3.05, 3.63) is 42.1 Å². The Hall–Kier alpha value is -1.97. The zero-order valence-electron chi connectivity index (χ0n) is 17.6. The summed E-state index contributed by atoms with van der Waals surface area (Å²) in [5.74, 6) is -0.0629. The van der Waals surface area contributed by atoms with Gasteiger partial charge in [0.15, 0.2) is 11.6 Å². The third-order valence-corrected chi connectivity index (χ3v) is 4.93. The standard InChI is InChI=1S/C24H35FN2O/c1-3-5-6-7-8-9-10-11-12-13-21-18-27-23(19-26-21)20-14-15-24(22(25)17-20)28-16-4-2/h14-15,17-19H,3-13,16H2,1-2H3. The molecule has 1 aromatic carbocycles. The lowest BCUT2D eigenvalue weighted by Gasteiger charge is -2.08. The Morgan fingerprint density at radius 2 is 1.54 bits per heavy atom. The summed E-state index contributed by atoms with van der Waals surface area (Å²) in [5.41, 5.74) is 2.43. The van der Waals surface area contributed by atoms with Crippen molar-refractivity contribution in [3.8, 4) is 17.0 Å². The first-order valence-electron chi connectivity index (χ1n) is 11.0. The van der Waals surface area contributed by atoms with Gasteiger partial charge in [-0.1, -0.05) is 65.2 Å². The van der Waals surface area contributed by atoms with Crippen molar-refractivity contribution in [2.24, 2.45) is 0 Å². The second-order valence-electron chi connectivity index (χ2n) is 7.47. The highest BCUT2D eigenvalue weighted by atomic mass is 19.1. The van der Waals surface area contributed by atoms with E-state index in [1.54, 1.807) is 12.3 Å². The van der Waals surface area contributed by atoms with Crippen LogP contribution in [0, 0.1) is 5.82 Å². The molecule has 0 aliphatic heterocycles. The van der Waals surface area contributed by atoms with E-state index in [2.05, 4.69) is 16.9 Å². The normalized spacial score (nSPS) is 11.0. The number of unbranched alkanes of at least 4 members (excludes halogenated alkanes) is 8. The Kier molecular flexibility index (Phi) is 10.6. The van der Waals surface area contributed by atoms with Crippen LogP contribution in [0.2, 0.25) is 0 Å². The monoisotopic (exact) mass is 386 g/mol. The van der Waals surface area contributed by atoms with Gasteiger partial charge in [0.05, 0.1) is 24.2 Å². The number of aromatic nitrogens is 2. The minimum atomic E-state index is -0.355. The first-order valence-corrected chi connectivity index (χ1v) is 11.0. The minimum absolute atomic E-state index is 0.292. The molecule has 1 aromatic heterocycles. The Labute approximate surface area is 169 Å². The molecule has 2 rings (SSSR count). The van der Waals surface area contributed by atoms with Crippen LogP contribution in [-0.2, 0) is 6.42 Å². The Balaban J connectivity index is 1.72. The summed E-state index contributed by atoms with van der Waals surface area (Å²) >= 11 is 0. The van der Waals surface area contributed by atoms with E-state index in [1.165, 1.54) is 57.4 Å². The van der Waals surface area contributed by atoms with Crippen LogP contribution in [0.3, 0.4) is 0 Å². The molecule has 2 aromatic rings. The highest BCUT2D eigenvalue weighted by Gasteiger charge is 2.08. The molecule has 0 bridgehead atoms.